The van der Waals surface area contributed by atoms with Crippen LogP contribution in [0.5, 0.6) is 0 Å². The Morgan fingerprint density at radius 2 is 1.12 bits per heavy atom. The van der Waals surface area contributed by atoms with E-state index in [1.807, 2.05) is 42.9 Å². The van der Waals surface area contributed by atoms with Gasteiger partial charge in [-0.1, -0.05) is 0 Å². The van der Waals surface area contributed by atoms with Crippen LogP contribution in [-0.2, 0) is 26.2 Å². The Kier molecular flexibility index (Phi) is 9.31. The van der Waals surface area contributed by atoms with Crippen LogP contribution < -0.4 is 16.4 Å². The predicted molar refractivity (Wildman–Crippen MR) is 188 cm³/mol. The third kappa shape index (κ3) is 6.61. The molecule has 0 spiro atoms. The van der Waals surface area contributed by atoms with Crippen molar-refractivity contribution in [3.8, 4) is 0 Å². The molecular weight excluding hydrogens is 638 g/mol. The number of nitrogens with zero attached hydrogens (tertiary/aromatic N) is 8. The van der Waals surface area contributed by atoms with Crippen LogP contribution >= 0.6 is 0 Å². The second-order valence-corrected chi connectivity index (χ2v) is 12.1. The molecule has 15 nitrogen and oxygen atoms in total. The molecule has 2 aromatic carbocycles. The van der Waals surface area contributed by atoms with E-state index < -0.39 is 5.91 Å². The first kappa shape index (κ1) is 33.8. The number of carbonyl (C=O) groups is 4. The van der Waals surface area contributed by atoms with E-state index in [1.165, 1.54) is 6.92 Å². The van der Waals surface area contributed by atoms with Gasteiger partial charge in [0, 0.05) is 37.3 Å². The number of benzene rings is 2. The smallest absolute Gasteiger partial charge is 0.276 e. The van der Waals surface area contributed by atoms with Crippen LogP contribution in [0.3, 0.4) is 0 Å². The van der Waals surface area contributed by atoms with E-state index in [-0.39, 0.29) is 17.6 Å². The van der Waals surface area contributed by atoms with Crippen LogP contribution in [0.2, 0.25) is 0 Å². The number of nitrogens with two attached hydrogens (primary N) is 1. The van der Waals surface area contributed by atoms with Gasteiger partial charge in [0.1, 0.15) is 11.4 Å². The van der Waals surface area contributed by atoms with E-state index in [2.05, 4.69) is 25.8 Å². The fraction of sp³-hybridized carbons (Fsp3) is 0.314. The number of carbonyl (C=O) groups excluding carboxylic acids is 4. The number of unbranched alkanes of at least 4 members (excludes halogenated alkanes) is 1. The number of fused-ring (bicyclic) bond motifs is 2. The summed E-state index contributed by atoms with van der Waals surface area (Å²) in [7, 11) is 0. The number of anilines is 2. The Balaban J connectivity index is 1.27. The maximum Gasteiger partial charge on any atom is 0.276 e. The number of hydrogen-bond acceptors (Lipinski definition) is 8. The normalized spacial score (nSPS) is 11.4. The quantitative estimate of drug-likeness (QED) is 0.116. The predicted octanol–water partition coefficient (Wildman–Crippen LogP) is 4.72. The summed E-state index contributed by atoms with van der Waals surface area (Å²) in [5.41, 5.74) is 11.3. The van der Waals surface area contributed by atoms with Crippen LogP contribution in [0.1, 0.15) is 86.7 Å². The van der Waals surface area contributed by atoms with Gasteiger partial charge in [-0.15, -0.1) is 0 Å². The number of rotatable bonds is 13. The number of ketones is 1. The summed E-state index contributed by atoms with van der Waals surface area (Å²) in [6.07, 6.45) is 1.31. The van der Waals surface area contributed by atoms with Crippen LogP contribution in [0, 0.1) is 13.8 Å². The molecule has 0 unspecified atom stereocenters. The zero-order valence-electron chi connectivity index (χ0n) is 28.6. The van der Waals surface area contributed by atoms with Gasteiger partial charge in [0.05, 0.1) is 33.5 Å². The topological polar surface area (TPSA) is 190 Å². The molecule has 3 amide bonds. The average Bonchev–Trinajstić information content (AvgIpc) is 3.84. The van der Waals surface area contributed by atoms with E-state index in [4.69, 9.17) is 10.7 Å². The second-order valence-electron chi connectivity index (χ2n) is 12.1. The number of amides is 3. The summed E-state index contributed by atoms with van der Waals surface area (Å²) in [5, 5.41) is 14.7. The zero-order valence-corrected chi connectivity index (χ0v) is 28.6. The highest BCUT2D eigenvalue weighted by atomic mass is 16.2. The molecule has 0 atom stereocenters. The van der Waals surface area contributed by atoms with Crippen LogP contribution in [0.4, 0.5) is 11.9 Å². The van der Waals surface area contributed by atoms with E-state index in [0.717, 1.165) is 22.4 Å². The van der Waals surface area contributed by atoms with Crippen LogP contribution in [-0.4, -0.2) is 62.2 Å². The molecular formula is C35H39N11O4. The maximum atomic E-state index is 13.4. The van der Waals surface area contributed by atoms with Crippen molar-refractivity contribution < 1.29 is 19.2 Å². The lowest BCUT2D eigenvalue weighted by molar-refractivity contribution is 0.0994. The fourth-order valence-electron chi connectivity index (χ4n) is 6.09. The van der Waals surface area contributed by atoms with Crippen molar-refractivity contribution in [1.29, 1.82) is 0 Å². The number of aromatic nitrogens is 8. The number of primary amides is 1. The van der Waals surface area contributed by atoms with Gasteiger partial charge in [0.15, 0.2) is 5.78 Å². The Hall–Kier alpha value is -6.12. The Morgan fingerprint density at radius 1 is 0.680 bits per heavy atom. The minimum absolute atomic E-state index is 0.0814. The second kappa shape index (κ2) is 13.8. The summed E-state index contributed by atoms with van der Waals surface area (Å²) >= 11 is 0. The number of aryl methyl sites for hydroxylation is 6. The molecule has 4 aromatic heterocycles. The summed E-state index contributed by atoms with van der Waals surface area (Å²) in [6, 6.07) is 13.8. The third-order valence-corrected chi connectivity index (χ3v) is 8.52. The van der Waals surface area contributed by atoms with Crippen molar-refractivity contribution in [1.82, 2.24) is 38.7 Å². The lowest BCUT2D eigenvalue weighted by Crippen LogP contribution is -2.20. The molecule has 0 bridgehead atoms. The van der Waals surface area contributed by atoms with E-state index in [0.29, 0.717) is 84.5 Å². The van der Waals surface area contributed by atoms with E-state index in [9.17, 15) is 19.2 Å². The molecule has 6 rings (SSSR count). The van der Waals surface area contributed by atoms with E-state index >= 15 is 0 Å². The van der Waals surface area contributed by atoms with Crippen molar-refractivity contribution in [2.75, 3.05) is 10.6 Å². The summed E-state index contributed by atoms with van der Waals surface area (Å²) in [6.45, 7) is 11.0. The van der Waals surface area contributed by atoms with Gasteiger partial charge >= 0.3 is 0 Å². The minimum Gasteiger partial charge on any atom is -0.366 e. The molecule has 4 heterocycles. The first-order chi connectivity index (χ1) is 24.0. The van der Waals surface area contributed by atoms with Crippen molar-refractivity contribution in [3.63, 3.8) is 0 Å². The van der Waals surface area contributed by atoms with Gasteiger partial charge in [-0.3, -0.25) is 39.2 Å². The molecule has 0 aliphatic heterocycles. The van der Waals surface area contributed by atoms with Crippen LogP contribution in [0.25, 0.3) is 22.1 Å². The van der Waals surface area contributed by atoms with Gasteiger partial charge in [-0.05, 0) is 96.0 Å². The van der Waals surface area contributed by atoms with Gasteiger partial charge < -0.3 is 14.9 Å². The molecule has 50 heavy (non-hydrogen) atoms. The summed E-state index contributed by atoms with van der Waals surface area (Å²) in [5.74, 6) is -0.662. The average molecular weight is 678 g/mol. The standard InChI is InChI=1S/C35H39N11O4/c1-6-45-29(16-20(3)41-45)32(49)39-34-37-25-18-23(22(5)47)10-12-27(25)43(34)14-8-9-15-44-28-13-11-24(31(36)48)19-26(28)38-35(44)40-33(50)30-17-21(4)42-46(30)7-2/h10-13,16-19H,6-9,14-15H2,1-5H3,(H2,36,48)(H,37,39,49)(H,38,40,50). The number of hydrogen-bond donors (Lipinski definition) is 3. The largest absolute Gasteiger partial charge is 0.366 e. The van der Waals surface area contributed by atoms with Gasteiger partial charge in [-0.25, -0.2) is 9.97 Å². The number of Topliss-reactive ketones (excluding diaryl/α,β-unsaturated/α-hetero) is 1. The first-order valence-corrected chi connectivity index (χ1v) is 16.5. The van der Waals surface area contributed by atoms with E-state index in [1.54, 1.807) is 51.8 Å². The highest BCUT2D eigenvalue weighted by molar-refractivity contribution is 6.04. The molecule has 0 saturated heterocycles. The Morgan fingerprint density at radius 3 is 1.54 bits per heavy atom. The molecule has 6 aromatic rings. The third-order valence-electron chi connectivity index (χ3n) is 8.52. The highest BCUT2D eigenvalue weighted by Gasteiger charge is 2.21. The van der Waals surface area contributed by atoms with Crippen molar-refractivity contribution in [2.45, 2.75) is 73.6 Å². The molecule has 0 aliphatic rings. The number of imidazole rings is 2. The SMILES string of the molecule is CCn1nc(C)cc1C(=O)Nc1nc2cc(C(C)=O)ccc2n1CCCCn1c(NC(=O)c2cc(C)nn2CC)nc2cc(C(N)=O)ccc21. The first-order valence-electron chi connectivity index (χ1n) is 16.5. The minimum atomic E-state index is -0.575. The molecule has 0 saturated carbocycles. The van der Waals surface area contributed by atoms with Crippen molar-refractivity contribution in [3.05, 3.63) is 82.4 Å². The van der Waals surface area contributed by atoms with Crippen molar-refractivity contribution >= 4 is 57.5 Å². The molecule has 0 fully saturated rings. The Labute approximate surface area is 287 Å². The lowest BCUT2D eigenvalue weighted by atomic mass is 10.1. The molecule has 0 radical (unpaired) electrons. The molecule has 0 aliphatic carbocycles. The Bertz CT molecular complexity index is 2130. The highest BCUT2D eigenvalue weighted by Crippen LogP contribution is 2.25. The summed E-state index contributed by atoms with van der Waals surface area (Å²) < 4.78 is 7.10. The lowest BCUT2D eigenvalue weighted by Gasteiger charge is -2.13. The monoisotopic (exact) mass is 677 g/mol. The van der Waals surface area contributed by atoms with Crippen molar-refractivity contribution in [2.24, 2.45) is 5.73 Å². The molecule has 4 N–H and O–H groups in total. The number of nitrogens with one attached hydrogen (secondary N) is 2. The summed E-state index contributed by atoms with van der Waals surface area (Å²) in [4.78, 5) is 60.2. The fourth-order valence-corrected chi connectivity index (χ4v) is 6.09. The molecule has 258 valence electrons. The van der Waals surface area contributed by atoms with Gasteiger partial charge in [0.2, 0.25) is 17.8 Å². The van der Waals surface area contributed by atoms with Crippen LogP contribution in [0.15, 0.2) is 48.5 Å². The maximum absolute atomic E-state index is 13.4. The van der Waals surface area contributed by atoms with Gasteiger partial charge in [0.25, 0.3) is 11.8 Å². The zero-order chi connectivity index (χ0) is 35.7. The molecule has 15 heteroatoms. The van der Waals surface area contributed by atoms with Gasteiger partial charge in [-0.2, -0.15) is 10.2 Å².